The van der Waals surface area contributed by atoms with Gasteiger partial charge in [-0.3, -0.25) is 0 Å². The lowest BCUT2D eigenvalue weighted by Crippen LogP contribution is -2.47. The molecular weight excluding hydrogens is 452 g/mol. The van der Waals surface area contributed by atoms with Crippen LogP contribution in [0.2, 0.25) is 0 Å². The standard InChI is InChI=1S/C26H28N2O7/c1-2-32-25(30)22-21(27-26(31)28-23(22)17-7-4-3-5-8-17)16-35-24(29)18-10-12-19(13-11-18)34-15-20-9-6-14-33-20/h3-5,7-8,10-13,20,23H,2,6,9,14-16H2,1H3,(H2,27,28,31). The number of amides is 2. The van der Waals surface area contributed by atoms with Gasteiger partial charge in [-0.15, -0.1) is 0 Å². The first-order chi connectivity index (χ1) is 17.0. The SMILES string of the molecule is CCOC(=O)C1=C(COC(=O)c2ccc(OCC3CCCO3)cc2)NC(=O)NC1c1ccccc1. The number of hydrogen-bond acceptors (Lipinski definition) is 7. The Labute approximate surface area is 203 Å². The first kappa shape index (κ1) is 24.3. The van der Waals surface area contributed by atoms with Crippen LogP contribution in [0.1, 0.15) is 41.7 Å². The van der Waals surface area contributed by atoms with Crippen molar-refractivity contribution in [2.24, 2.45) is 0 Å². The van der Waals surface area contributed by atoms with Crippen LogP contribution in [0, 0.1) is 0 Å². The number of carbonyl (C=O) groups excluding carboxylic acids is 3. The molecule has 2 aliphatic heterocycles. The molecule has 2 aromatic rings. The third kappa shape index (κ3) is 6.19. The van der Waals surface area contributed by atoms with Gasteiger partial charge >= 0.3 is 18.0 Å². The van der Waals surface area contributed by atoms with E-state index in [-0.39, 0.29) is 30.6 Å². The molecule has 0 aliphatic carbocycles. The molecule has 1 saturated heterocycles. The summed E-state index contributed by atoms with van der Waals surface area (Å²) in [5, 5.41) is 5.32. The lowest BCUT2D eigenvalue weighted by atomic mass is 9.95. The highest BCUT2D eigenvalue weighted by Gasteiger charge is 2.34. The zero-order chi connectivity index (χ0) is 24.6. The van der Waals surface area contributed by atoms with Gasteiger partial charge in [-0.25, -0.2) is 14.4 Å². The highest BCUT2D eigenvalue weighted by molar-refractivity contribution is 5.95. The predicted octanol–water partition coefficient (Wildman–Crippen LogP) is 3.27. The van der Waals surface area contributed by atoms with E-state index in [9.17, 15) is 14.4 Å². The van der Waals surface area contributed by atoms with Crippen LogP contribution in [0.3, 0.4) is 0 Å². The van der Waals surface area contributed by atoms with Gasteiger partial charge in [0.15, 0.2) is 0 Å². The Morgan fingerprint density at radius 1 is 1.03 bits per heavy atom. The van der Waals surface area contributed by atoms with E-state index in [0.29, 0.717) is 23.5 Å². The Hall–Kier alpha value is -3.85. The van der Waals surface area contributed by atoms with Crippen LogP contribution in [0.15, 0.2) is 65.9 Å². The fourth-order valence-corrected chi connectivity index (χ4v) is 3.95. The first-order valence-electron chi connectivity index (χ1n) is 11.6. The summed E-state index contributed by atoms with van der Waals surface area (Å²) in [4.78, 5) is 37.7. The van der Waals surface area contributed by atoms with E-state index in [1.807, 2.05) is 6.07 Å². The molecule has 184 valence electrons. The topological polar surface area (TPSA) is 112 Å². The average molecular weight is 481 g/mol. The van der Waals surface area contributed by atoms with Gasteiger partial charge in [0.2, 0.25) is 0 Å². The minimum atomic E-state index is -0.738. The van der Waals surface area contributed by atoms with Gasteiger partial charge in [-0.2, -0.15) is 0 Å². The molecule has 9 heteroatoms. The van der Waals surface area contributed by atoms with Gasteiger partial charge in [0.1, 0.15) is 19.0 Å². The zero-order valence-corrected chi connectivity index (χ0v) is 19.5. The minimum absolute atomic E-state index is 0.0985. The molecule has 1 fully saturated rings. The number of benzene rings is 2. The summed E-state index contributed by atoms with van der Waals surface area (Å²) in [7, 11) is 0. The van der Waals surface area contributed by atoms with Crippen molar-refractivity contribution < 1.29 is 33.3 Å². The van der Waals surface area contributed by atoms with E-state index < -0.39 is 24.0 Å². The maximum atomic E-state index is 12.8. The van der Waals surface area contributed by atoms with E-state index in [4.69, 9.17) is 18.9 Å². The van der Waals surface area contributed by atoms with Gasteiger partial charge in [-0.1, -0.05) is 30.3 Å². The summed E-state index contributed by atoms with van der Waals surface area (Å²) < 4.78 is 21.9. The summed E-state index contributed by atoms with van der Waals surface area (Å²) in [5.74, 6) is -0.580. The minimum Gasteiger partial charge on any atom is -0.491 e. The monoisotopic (exact) mass is 480 g/mol. The maximum absolute atomic E-state index is 12.8. The van der Waals surface area contributed by atoms with Gasteiger partial charge in [0.25, 0.3) is 0 Å². The second-order valence-electron chi connectivity index (χ2n) is 8.10. The number of ether oxygens (including phenoxy) is 4. The van der Waals surface area contributed by atoms with Crippen LogP contribution >= 0.6 is 0 Å². The van der Waals surface area contributed by atoms with Crippen LogP contribution in [-0.2, 0) is 19.0 Å². The third-order valence-corrected chi connectivity index (χ3v) is 5.68. The molecule has 9 nitrogen and oxygen atoms in total. The number of carbonyl (C=O) groups is 3. The fraction of sp³-hybridized carbons (Fsp3) is 0.346. The second kappa shape index (κ2) is 11.5. The number of rotatable bonds is 9. The molecule has 2 atom stereocenters. The fourth-order valence-electron chi connectivity index (χ4n) is 3.95. The number of nitrogens with one attached hydrogen (secondary N) is 2. The average Bonchev–Trinajstić information content (AvgIpc) is 3.40. The molecule has 2 unspecified atom stereocenters. The lowest BCUT2D eigenvalue weighted by Gasteiger charge is -2.29. The normalized spacial score (nSPS) is 19.5. The summed E-state index contributed by atoms with van der Waals surface area (Å²) in [6.07, 6.45) is 2.11. The highest BCUT2D eigenvalue weighted by Crippen LogP contribution is 2.28. The number of urea groups is 1. The summed E-state index contributed by atoms with van der Waals surface area (Å²) in [6, 6.07) is 14.4. The van der Waals surface area contributed by atoms with E-state index >= 15 is 0 Å². The van der Waals surface area contributed by atoms with Crippen LogP contribution < -0.4 is 15.4 Å². The summed E-state index contributed by atoms with van der Waals surface area (Å²) >= 11 is 0. The van der Waals surface area contributed by atoms with E-state index in [0.717, 1.165) is 19.4 Å². The smallest absolute Gasteiger partial charge is 0.338 e. The molecule has 2 amide bonds. The largest absolute Gasteiger partial charge is 0.491 e. The molecule has 0 aromatic heterocycles. The summed E-state index contributed by atoms with van der Waals surface area (Å²) in [6.45, 7) is 2.77. The van der Waals surface area contributed by atoms with Gasteiger partial charge in [0.05, 0.1) is 35.6 Å². The van der Waals surface area contributed by atoms with Gasteiger partial charge in [-0.05, 0) is 49.6 Å². The Kier molecular flexibility index (Phi) is 7.99. The van der Waals surface area contributed by atoms with Crippen molar-refractivity contribution in [3.8, 4) is 5.75 Å². The molecule has 2 N–H and O–H groups in total. The molecule has 0 saturated carbocycles. The number of hydrogen-bond donors (Lipinski definition) is 2. The van der Waals surface area contributed by atoms with Crippen LogP contribution in [0.5, 0.6) is 5.75 Å². The Balaban J connectivity index is 1.45. The molecule has 35 heavy (non-hydrogen) atoms. The van der Waals surface area contributed by atoms with Crippen molar-refractivity contribution in [3.05, 3.63) is 77.0 Å². The highest BCUT2D eigenvalue weighted by atomic mass is 16.5. The van der Waals surface area contributed by atoms with E-state index in [1.54, 1.807) is 55.5 Å². The van der Waals surface area contributed by atoms with Crippen molar-refractivity contribution in [1.29, 1.82) is 0 Å². The van der Waals surface area contributed by atoms with Crippen molar-refractivity contribution in [3.63, 3.8) is 0 Å². The molecule has 0 bridgehead atoms. The van der Waals surface area contributed by atoms with Crippen LogP contribution in [0.4, 0.5) is 4.79 Å². The Morgan fingerprint density at radius 2 is 1.80 bits per heavy atom. The quantitative estimate of drug-likeness (QED) is 0.530. The predicted molar refractivity (Wildman–Crippen MR) is 126 cm³/mol. The third-order valence-electron chi connectivity index (χ3n) is 5.68. The number of esters is 2. The second-order valence-corrected chi connectivity index (χ2v) is 8.10. The van der Waals surface area contributed by atoms with E-state index in [1.165, 1.54) is 0 Å². The van der Waals surface area contributed by atoms with Crippen molar-refractivity contribution in [2.75, 3.05) is 26.4 Å². The van der Waals surface area contributed by atoms with Crippen LogP contribution in [-0.4, -0.2) is 50.5 Å². The molecule has 0 radical (unpaired) electrons. The van der Waals surface area contributed by atoms with Gasteiger partial charge < -0.3 is 29.6 Å². The Morgan fingerprint density at radius 3 is 2.49 bits per heavy atom. The Bertz CT molecular complexity index is 1080. The van der Waals surface area contributed by atoms with Crippen molar-refractivity contribution in [2.45, 2.75) is 31.9 Å². The zero-order valence-electron chi connectivity index (χ0n) is 19.5. The summed E-state index contributed by atoms with van der Waals surface area (Å²) in [5.41, 5.74) is 1.37. The maximum Gasteiger partial charge on any atom is 0.338 e. The van der Waals surface area contributed by atoms with Crippen LogP contribution in [0.25, 0.3) is 0 Å². The van der Waals surface area contributed by atoms with Gasteiger partial charge in [0, 0.05) is 6.61 Å². The first-order valence-corrected chi connectivity index (χ1v) is 11.6. The molecule has 2 aromatic carbocycles. The molecule has 4 rings (SSSR count). The molecule has 0 spiro atoms. The van der Waals surface area contributed by atoms with Crippen molar-refractivity contribution >= 4 is 18.0 Å². The molecule has 2 heterocycles. The van der Waals surface area contributed by atoms with E-state index in [2.05, 4.69) is 10.6 Å². The molecule has 2 aliphatic rings. The van der Waals surface area contributed by atoms with Crippen molar-refractivity contribution in [1.82, 2.24) is 10.6 Å². The molecular formula is C26H28N2O7. The lowest BCUT2D eigenvalue weighted by molar-refractivity contribution is -0.139.